The van der Waals surface area contributed by atoms with Crippen molar-refractivity contribution in [2.75, 3.05) is 0 Å². The van der Waals surface area contributed by atoms with E-state index < -0.39 is 25.8 Å². The van der Waals surface area contributed by atoms with Crippen molar-refractivity contribution in [2.24, 2.45) is 0 Å². The number of aryl methyl sites for hydroxylation is 1. The summed E-state index contributed by atoms with van der Waals surface area (Å²) < 4.78 is 42.0. The van der Waals surface area contributed by atoms with Crippen molar-refractivity contribution in [3.63, 3.8) is 0 Å². The highest BCUT2D eigenvalue weighted by Gasteiger charge is 2.22. The van der Waals surface area contributed by atoms with Crippen LogP contribution in [0, 0.1) is 22.9 Å². The lowest BCUT2D eigenvalue weighted by Crippen LogP contribution is -2.10. The van der Waals surface area contributed by atoms with Gasteiger partial charge in [-0.25, -0.2) is 4.39 Å². The molecule has 0 N–H and O–H groups in total. The normalized spacial score (nSPS) is 11.2. The Hall–Kier alpha value is -2.19. The Labute approximate surface area is 130 Å². The average molecular weight is 346 g/mol. The summed E-state index contributed by atoms with van der Waals surface area (Å²) in [6, 6.07) is 6.29. The molecule has 0 heterocycles. The van der Waals surface area contributed by atoms with Crippen molar-refractivity contribution in [1.29, 1.82) is 0 Å². The first-order valence-corrected chi connectivity index (χ1v) is 7.64. The third-order valence-corrected chi connectivity index (χ3v) is 4.29. The number of halogens is 2. The molecule has 0 fully saturated rings. The second-order valence-electron chi connectivity index (χ2n) is 4.32. The van der Waals surface area contributed by atoms with E-state index in [0.717, 1.165) is 24.3 Å². The zero-order valence-electron chi connectivity index (χ0n) is 11.1. The topological polar surface area (TPSA) is 86.5 Å². The molecular weight excluding hydrogens is 337 g/mol. The Balaban J connectivity index is 2.42. The average Bonchev–Trinajstić information content (AvgIpc) is 2.42. The molecule has 6 nitrogen and oxygen atoms in total. The number of rotatable bonds is 4. The van der Waals surface area contributed by atoms with Gasteiger partial charge in [-0.15, -0.1) is 0 Å². The van der Waals surface area contributed by atoms with Gasteiger partial charge in [0, 0.05) is 11.6 Å². The Kier molecular flexibility index (Phi) is 4.34. The minimum Gasteiger partial charge on any atom is -0.377 e. The van der Waals surface area contributed by atoms with E-state index in [4.69, 9.17) is 15.8 Å². The third kappa shape index (κ3) is 3.34. The highest BCUT2D eigenvalue weighted by Crippen LogP contribution is 2.29. The number of hydrogen-bond donors (Lipinski definition) is 0. The molecule has 0 saturated carbocycles. The number of hydrogen-bond acceptors (Lipinski definition) is 5. The van der Waals surface area contributed by atoms with Gasteiger partial charge >= 0.3 is 10.1 Å². The van der Waals surface area contributed by atoms with Crippen LogP contribution >= 0.6 is 11.6 Å². The van der Waals surface area contributed by atoms with Crippen molar-refractivity contribution in [3.05, 3.63) is 62.9 Å². The molecule has 0 aliphatic carbocycles. The molecular formula is C13H9ClFNO5S. The fourth-order valence-electron chi connectivity index (χ4n) is 1.65. The van der Waals surface area contributed by atoms with Crippen molar-refractivity contribution in [1.82, 2.24) is 0 Å². The van der Waals surface area contributed by atoms with E-state index in [1.807, 2.05) is 0 Å². The van der Waals surface area contributed by atoms with Crippen LogP contribution in [0.2, 0.25) is 5.02 Å². The smallest absolute Gasteiger partial charge is 0.339 e. The van der Waals surface area contributed by atoms with Crippen molar-refractivity contribution in [2.45, 2.75) is 11.8 Å². The first kappa shape index (κ1) is 16.2. The minimum absolute atomic E-state index is 0.231. The molecule has 0 radical (unpaired) electrons. The molecule has 9 heteroatoms. The van der Waals surface area contributed by atoms with Crippen LogP contribution in [0.15, 0.2) is 41.3 Å². The van der Waals surface area contributed by atoms with Crippen molar-refractivity contribution in [3.8, 4) is 5.75 Å². The number of benzene rings is 2. The molecule has 0 amide bonds. The van der Waals surface area contributed by atoms with Gasteiger partial charge in [0.05, 0.1) is 9.95 Å². The van der Waals surface area contributed by atoms with Gasteiger partial charge in [-0.3, -0.25) is 10.1 Å². The van der Waals surface area contributed by atoms with Gasteiger partial charge < -0.3 is 4.18 Å². The highest BCUT2D eigenvalue weighted by molar-refractivity contribution is 7.87. The monoisotopic (exact) mass is 345 g/mol. The summed E-state index contributed by atoms with van der Waals surface area (Å²) in [6.45, 7) is 1.48. The van der Waals surface area contributed by atoms with E-state index >= 15 is 0 Å². The van der Waals surface area contributed by atoms with Crippen LogP contribution < -0.4 is 4.18 Å². The van der Waals surface area contributed by atoms with Crippen LogP contribution in [0.5, 0.6) is 5.75 Å². The van der Waals surface area contributed by atoms with Gasteiger partial charge in [-0.05, 0) is 31.2 Å². The molecule has 0 unspecified atom stereocenters. The van der Waals surface area contributed by atoms with Crippen LogP contribution in [0.3, 0.4) is 0 Å². The zero-order chi connectivity index (χ0) is 16.5. The predicted molar refractivity (Wildman–Crippen MR) is 77.1 cm³/mol. The second kappa shape index (κ2) is 5.90. The summed E-state index contributed by atoms with van der Waals surface area (Å²) >= 11 is 5.69. The Morgan fingerprint density at radius 3 is 2.50 bits per heavy atom. The summed E-state index contributed by atoms with van der Waals surface area (Å²) in [5.74, 6) is -0.924. The van der Waals surface area contributed by atoms with Crippen LogP contribution in [0.25, 0.3) is 0 Å². The summed E-state index contributed by atoms with van der Waals surface area (Å²) in [4.78, 5) is 9.76. The van der Waals surface area contributed by atoms with Gasteiger partial charge in [0.1, 0.15) is 10.7 Å². The Morgan fingerprint density at radius 1 is 1.23 bits per heavy atom. The Morgan fingerprint density at radius 2 is 1.91 bits per heavy atom. The summed E-state index contributed by atoms with van der Waals surface area (Å²) in [6.07, 6.45) is 0. The molecule has 0 atom stereocenters. The van der Waals surface area contributed by atoms with Gasteiger partial charge in [-0.1, -0.05) is 17.7 Å². The number of nitro benzene ring substituents is 1. The highest BCUT2D eigenvalue weighted by atomic mass is 35.5. The molecule has 0 aromatic heterocycles. The molecule has 0 saturated heterocycles. The predicted octanol–water partition coefficient (Wildman–Crippen LogP) is 3.46. The molecule has 0 bridgehead atoms. The maximum atomic E-state index is 12.9. The Bertz CT molecular complexity index is 854. The maximum Gasteiger partial charge on any atom is 0.339 e. The first-order valence-electron chi connectivity index (χ1n) is 5.85. The second-order valence-corrected chi connectivity index (χ2v) is 6.27. The molecule has 116 valence electrons. The van der Waals surface area contributed by atoms with E-state index in [2.05, 4.69) is 0 Å². The quantitative estimate of drug-likeness (QED) is 0.481. The van der Waals surface area contributed by atoms with Gasteiger partial charge in [0.2, 0.25) is 0 Å². The number of nitrogens with zero attached hydrogens (tertiary/aromatic N) is 1. The van der Waals surface area contributed by atoms with E-state index in [0.29, 0.717) is 5.56 Å². The molecule has 0 aliphatic rings. The van der Waals surface area contributed by atoms with Gasteiger partial charge in [0.25, 0.3) is 5.69 Å². The lowest BCUT2D eigenvalue weighted by molar-refractivity contribution is -0.385. The summed E-state index contributed by atoms with van der Waals surface area (Å²) in [5.41, 5.74) is -0.0429. The minimum atomic E-state index is -4.33. The third-order valence-electron chi connectivity index (χ3n) is 2.76. The van der Waals surface area contributed by atoms with Crippen LogP contribution in [-0.2, 0) is 10.1 Å². The molecule has 0 spiro atoms. The van der Waals surface area contributed by atoms with E-state index in [1.165, 1.54) is 19.1 Å². The van der Waals surface area contributed by atoms with E-state index in [9.17, 15) is 22.9 Å². The maximum absolute atomic E-state index is 12.9. The molecule has 22 heavy (non-hydrogen) atoms. The molecule has 2 aromatic carbocycles. The van der Waals surface area contributed by atoms with E-state index in [-0.39, 0.29) is 16.5 Å². The fraction of sp³-hybridized carbons (Fsp3) is 0.0769. The van der Waals surface area contributed by atoms with Gasteiger partial charge in [0.15, 0.2) is 5.75 Å². The van der Waals surface area contributed by atoms with Crippen LogP contribution in [0.1, 0.15) is 5.56 Å². The first-order chi connectivity index (χ1) is 10.2. The lowest BCUT2D eigenvalue weighted by Gasteiger charge is -2.09. The molecule has 2 aromatic rings. The summed E-state index contributed by atoms with van der Waals surface area (Å²) in [7, 11) is -4.33. The molecule has 2 rings (SSSR count). The lowest BCUT2D eigenvalue weighted by atomic mass is 10.2. The SMILES string of the molecule is Cc1ccc(S(=O)(=O)Oc2ccc(F)cc2Cl)cc1[N+](=O)[O-]. The largest absolute Gasteiger partial charge is 0.377 e. The standard InChI is InChI=1S/C13H9ClFNO5S/c1-8-2-4-10(7-12(8)16(17)18)22(19,20)21-13-5-3-9(15)6-11(13)14/h2-7H,1H3. The van der Waals surface area contributed by atoms with Crippen molar-refractivity contribution < 1.29 is 21.9 Å². The number of nitro groups is 1. The van der Waals surface area contributed by atoms with Crippen LogP contribution in [-0.4, -0.2) is 13.3 Å². The summed E-state index contributed by atoms with van der Waals surface area (Å²) in [5, 5.41) is 10.6. The molecule has 0 aliphatic heterocycles. The fourth-order valence-corrected chi connectivity index (χ4v) is 2.87. The van der Waals surface area contributed by atoms with Crippen molar-refractivity contribution >= 4 is 27.4 Å². The zero-order valence-corrected chi connectivity index (χ0v) is 12.7. The van der Waals surface area contributed by atoms with Gasteiger partial charge in [-0.2, -0.15) is 8.42 Å². The van der Waals surface area contributed by atoms with E-state index in [1.54, 1.807) is 0 Å². The van der Waals surface area contributed by atoms with Crippen LogP contribution in [0.4, 0.5) is 10.1 Å².